The highest BCUT2D eigenvalue weighted by molar-refractivity contribution is 5.92. The van der Waals surface area contributed by atoms with Crippen LogP contribution in [0.25, 0.3) is 21.7 Å². The van der Waals surface area contributed by atoms with Crippen molar-refractivity contribution in [1.29, 1.82) is 0 Å². The Hall–Kier alpha value is -2.93. The van der Waals surface area contributed by atoms with Crippen molar-refractivity contribution in [3.05, 3.63) is 40.2 Å². The Morgan fingerprint density at radius 2 is 2.36 bits per heavy atom. The van der Waals surface area contributed by atoms with Gasteiger partial charge in [-0.15, -0.1) is 0 Å². The Bertz CT molecular complexity index is 725. The van der Waals surface area contributed by atoms with E-state index in [-0.39, 0.29) is 6.61 Å². The standard InChI is InChI=1S/C13H17N7O2/c1-3-22-13(21)12-9(2)10(8-20(12)15)11-4-6-19(17-11)7-5-16-18-14/h4,6,8H,3,5,7,15H2,1-2H3. The summed E-state index contributed by atoms with van der Waals surface area (Å²) in [5.41, 5.74) is 10.7. The predicted molar refractivity (Wildman–Crippen MR) is 80.5 cm³/mol. The average Bonchev–Trinajstić information content (AvgIpc) is 3.04. The van der Waals surface area contributed by atoms with Crippen molar-refractivity contribution in [1.82, 2.24) is 14.5 Å². The number of nitrogen functional groups attached to an aromatic ring is 1. The van der Waals surface area contributed by atoms with Gasteiger partial charge in [0.25, 0.3) is 0 Å². The van der Waals surface area contributed by atoms with Crippen molar-refractivity contribution < 1.29 is 9.53 Å². The number of nitrogens with two attached hydrogens (primary N) is 1. The lowest BCUT2D eigenvalue weighted by Gasteiger charge is -2.03. The van der Waals surface area contributed by atoms with Crippen LogP contribution in [0.4, 0.5) is 0 Å². The number of azide groups is 1. The van der Waals surface area contributed by atoms with Gasteiger partial charge in [-0.05, 0) is 31.0 Å². The fourth-order valence-corrected chi connectivity index (χ4v) is 2.16. The summed E-state index contributed by atoms with van der Waals surface area (Å²) in [6.07, 6.45) is 3.42. The Kier molecular flexibility index (Phi) is 4.70. The highest BCUT2D eigenvalue weighted by atomic mass is 16.5. The van der Waals surface area contributed by atoms with Gasteiger partial charge >= 0.3 is 5.97 Å². The van der Waals surface area contributed by atoms with Crippen molar-refractivity contribution >= 4 is 5.97 Å². The fraction of sp³-hybridized carbons (Fsp3) is 0.385. The number of hydrogen-bond acceptors (Lipinski definition) is 5. The zero-order valence-electron chi connectivity index (χ0n) is 12.4. The monoisotopic (exact) mass is 303 g/mol. The molecule has 0 spiro atoms. The van der Waals surface area contributed by atoms with E-state index in [1.165, 1.54) is 4.68 Å². The van der Waals surface area contributed by atoms with Crippen LogP contribution in [0, 0.1) is 6.92 Å². The van der Waals surface area contributed by atoms with Crippen molar-refractivity contribution in [2.45, 2.75) is 20.4 Å². The zero-order chi connectivity index (χ0) is 16.1. The smallest absolute Gasteiger partial charge is 0.357 e. The number of carbonyl (C=O) groups excluding carboxylic acids is 1. The average molecular weight is 303 g/mol. The lowest BCUT2D eigenvalue weighted by molar-refractivity contribution is 0.0515. The van der Waals surface area contributed by atoms with Crippen LogP contribution in [-0.2, 0) is 11.3 Å². The van der Waals surface area contributed by atoms with Gasteiger partial charge in [-0.25, -0.2) is 4.79 Å². The third kappa shape index (κ3) is 3.04. The molecule has 22 heavy (non-hydrogen) atoms. The molecule has 0 atom stereocenters. The highest BCUT2D eigenvalue weighted by Crippen LogP contribution is 2.25. The molecule has 9 heteroatoms. The number of esters is 1. The number of hydrogen-bond donors (Lipinski definition) is 1. The molecule has 0 aliphatic carbocycles. The van der Waals surface area contributed by atoms with Gasteiger partial charge in [-0.3, -0.25) is 9.36 Å². The molecule has 2 aromatic heterocycles. The maximum atomic E-state index is 11.9. The van der Waals surface area contributed by atoms with E-state index in [2.05, 4.69) is 15.1 Å². The van der Waals surface area contributed by atoms with Gasteiger partial charge in [-0.2, -0.15) is 5.10 Å². The molecule has 2 rings (SSSR count). The van der Waals surface area contributed by atoms with E-state index in [4.69, 9.17) is 16.1 Å². The minimum atomic E-state index is -0.462. The second-order valence-corrected chi connectivity index (χ2v) is 4.56. The Labute approximate surface area is 126 Å². The van der Waals surface area contributed by atoms with E-state index in [9.17, 15) is 4.79 Å². The van der Waals surface area contributed by atoms with Gasteiger partial charge in [0.15, 0.2) is 5.69 Å². The van der Waals surface area contributed by atoms with Gasteiger partial charge in [0.2, 0.25) is 0 Å². The Balaban J connectivity index is 2.28. The minimum Gasteiger partial charge on any atom is -0.461 e. The number of ether oxygens (including phenoxy) is 1. The molecule has 2 heterocycles. The first-order chi connectivity index (χ1) is 10.6. The van der Waals surface area contributed by atoms with Crippen LogP contribution in [-0.4, -0.2) is 33.6 Å². The molecule has 0 unspecified atom stereocenters. The van der Waals surface area contributed by atoms with Crippen molar-refractivity contribution in [3.8, 4) is 11.3 Å². The normalized spacial score (nSPS) is 10.3. The summed E-state index contributed by atoms with van der Waals surface area (Å²) in [5, 5.41) is 7.85. The topological polar surface area (TPSA) is 124 Å². The molecule has 0 radical (unpaired) electrons. The number of rotatable bonds is 6. The van der Waals surface area contributed by atoms with E-state index in [1.807, 2.05) is 6.07 Å². The summed E-state index contributed by atoms with van der Waals surface area (Å²) in [7, 11) is 0. The summed E-state index contributed by atoms with van der Waals surface area (Å²) in [6.45, 7) is 4.62. The molecule has 0 saturated carbocycles. The highest BCUT2D eigenvalue weighted by Gasteiger charge is 2.20. The lowest BCUT2D eigenvalue weighted by Crippen LogP contribution is -2.18. The van der Waals surface area contributed by atoms with Gasteiger partial charge in [0.1, 0.15) is 0 Å². The van der Waals surface area contributed by atoms with Gasteiger partial charge < -0.3 is 10.6 Å². The van der Waals surface area contributed by atoms with Gasteiger partial charge in [0, 0.05) is 36.0 Å². The third-order valence-electron chi connectivity index (χ3n) is 3.16. The SMILES string of the molecule is CCOC(=O)c1c(C)c(-c2ccn(CCN=[N+]=[N-])n2)cn1N. The molecular weight excluding hydrogens is 286 g/mol. The van der Waals surface area contributed by atoms with Gasteiger partial charge in [0.05, 0.1) is 12.3 Å². The summed E-state index contributed by atoms with van der Waals surface area (Å²) >= 11 is 0. The molecule has 2 N–H and O–H groups in total. The first-order valence-corrected chi connectivity index (χ1v) is 6.77. The Morgan fingerprint density at radius 1 is 1.59 bits per heavy atom. The molecular formula is C13H17N7O2. The van der Waals surface area contributed by atoms with Gasteiger partial charge in [-0.1, -0.05) is 5.11 Å². The van der Waals surface area contributed by atoms with E-state index < -0.39 is 5.97 Å². The molecule has 0 aromatic carbocycles. The molecule has 0 fully saturated rings. The van der Waals surface area contributed by atoms with Crippen molar-refractivity contribution in [3.63, 3.8) is 0 Å². The first kappa shape index (κ1) is 15.5. The van der Waals surface area contributed by atoms with Crippen molar-refractivity contribution in [2.75, 3.05) is 19.0 Å². The summed E-state index contributed by atoms with van der Waals surface area (Å²) in [5.74, 6) is 5.38. The second-order valence-electron chi connectivity index (χ2n) is 4.56. The van der Waals surface area contributed by atoms with Crippen LogP contribution in [0.5, 0.6) is 0 Å². The maximum Gasteiger partial charge on any atom is 0.357 e. The predicted octanol–water partition coefficient (Wildman–Crippen LogP) is 1.86. The summed E-state index contributed by atoms with van der Waals surface area (Å²) in [4.78, 5) is 14.6. The van der Waals surface area contributed by atoms with E-state index in [1.54, 1.807) is 30.9 Å². The van der Waals surface area contributed by atoms with Crippen LogP contribution in [0.2, 0.25) is 0 Å². The Morgan fingerprint density at radius 3 is 3.05 bits per heavy atom. The number of aromatic nitrogens is 3. The van der Waals surface area contributed by atoms with Crippen LogP contribution in [0.3, 0.4) is 0 Å². The number of nitrogens with zero attached hydrogens (tertiary/aromatic N) is 6. The quantitative estimate of drug-likeness (QED) is 0.287. The van der Waals surface area contributed by atoms with E-state index >= 15 is 0 Å². The molecule has 116 valence electrons. The third-order valence-corrected chi connectivity index (χ3v) is 3.16. The van der Waals surface area contributed by atoms with E-state index in [0.29, 0.717) is 30.0 Å². The molecule has 0 amide bonds. The molecule has 9 nitrogen and oxygen atoms in total. The molecule has 0 saturated heterocycles. The molecule has 0 aliphatic rings. The molecule has 0 aliphatic heterocycles. The van der Waals surface area contributed by atoms with Crippen LogP contribution < -0.4 is 5.84 Å². The molecule has 0 bridgehead atoms. The zero-order valence-corrected chi connectivity index (χ0v) is 12.4. The largest absolute Gasteiger partial charge is 0.461 e. The van der Waals surface area contributed by atoms with Crippen LogP contribution in [0.15, 0.2) is 23.6 Å². The lowest BCUT2D eigenvalue weighted by atomic mass is 10.1. The summed E-state index contributed by atoms with van der Waals surface area (Å²) < 4.78 is 7.92. The number of carbonyl (C=O) groups is 1. The maximum absolute atomic E-state index is 11.9. The summed E-state index contributed by atoms with van der Waals surface area (Å²) in [6, 6.07) is 1.81. The first-order valence-electron chi connectivity index (χ1n) is 6.77. The molecule has 2 aromatic rings. The minimum absolute atomic E-state index is 0.285. The second kappa shape index (κ2) is 6.68. The van der Waals surface area contributed by atoms with E-state index in [0.717, 1.165) is 5.56 Å². The van der Waals surface area contributed by atoms with Crippen LogP contribution >= 0.6 is 0 Å². The van der Waals surface area contributed by atoms with Crippen molar-refractivity contribution in [2.24, 2.45) is 5.11 Å². The van der Waals surface area contributed by atoms with Crippen LogP contribution in [0.1, 0.15) is 23.0 Å². The fourth-order valence-electron chi connectivity index (χ4n) is 2.16.